The van der Waals surface area contributed by atoms with Crippen LogP contribution in [0.4, 0.5) is 13.2 Å². The monoisotopic (exact) mass is 532 g/mol. The smallest absolute Gasteiger partial charge is 0.480 e. The van der Waals surface area contributed by atoms with E-state index in [4.69, 9.17) is 21.1 Å². The summed E-state index contributed by atoms with van der Waals surface area (Å²) in [5.74, 6) is 0.440. The van der Waals surface area contributed by atoms with Crippen molar-refractivity contribution in [2.24, 2.45) is 11.8 Å². The predicted octanol–water partition coefficient (Wildman–Crippen LogP) is 3.01. The molecule has 4 saturated carbocycles. The second kappa shape index (κ2) is 10.00. The minimum atomic E-state index is -4.66. The van der Waals surface area contributed by atoms with E-state index in [1.807, 2.05) is 0 Å². The number of carbonyl (C=O) groups excluding carboxylic acids is 2. The van der Waals surface area contributed by atoms with Gasteiger partial charge in [-0.05, 0) is 49.3 Å². The summed E-state index contributed by atoms with van der Waals surface area (Å²) in [5, 5.41) is 16.9. The lowest BCUT2D eigenvalue weighted by molar-refractivity contribution is -0.357. The molecule has 5 aliphatic rings. The summed E-state index contributed by atoms with van der Waals surface area (Å²) in [6.07, 6.45) is -5.06. The summed E-state index contributed by atoms with van der Waals surface area (Å²) < 4.78 is 51.8. The first-order valence-electron chi connectivity index (χ1n) is 12.1. The van der Waals surface area contributed by atoms with Crippen LogP contribution in [-0.4, -0.2) is 60.3 Å². The first kappa shape index (κ1) is 25.6. The lowest BCUT2D eigenvalue weighted by atomic mass is 9.60. The number of nitrogens with one attached hydrogen (secondary N) is 2. The number of fused-ring (bicyclic) bond motifs is 3. The van der Waals surface area contributed by atoms with Gasteiger partial charge in [0.25, 0.3) is 5.91 Å². The molecule has 0 radical (unpaired) electrons. The highest BCUT2D eigenvalue weighted by atomic mass is 35.5. The molecule has 0 spiro atoms. The molecule has 1 heterocycles. The molecule has 1 aliphatic heterocycles. The molecule has 4 atom stereocenters. The van der Waals surface area contributed by atoms with E-state index in [0.29, 0.717) is 34.6 Å². The van der Waals surface area contributed by atoms with Crippen molar-refractivity contribution in [3.05, 3.63) is 28.8 Å². The molecule has 2 amide bonds. The Balaban J connectivity index is 1.07. The summed E-state index contributed by atoms with van der Waals surface area (Å²) in [6, 6.07) is 4.65. The molecule has 0 saturated heterocycles. The van der Waals surface area contributed by atoms with Gasteiger partial charge in [0.15, 0.2) is 6.10 Å². The third-order valence-electron chi connectivity index (χ3n) is 7.66. The molecule has 0 aromatic heterocycles. The van der Waals surface area contributed by atoms with E-state index >= 15 is 0 Å². The zero-order valence-corrected chi connectivity index (χ0v) is 20.1. The fourth-order valence-corrected chi connectivity index (χ4v) is 5.79. The van der Waals surface area contributed by atoms with Crippen molar-refractivity contribution in [2.75, 3.05) is 6.61 Å². The maximum atomic E-state index is 12.9. The van der Waals surface area contributed by atoms with E-state index < -0.39 is 30.8 Å². The molecule has 12 heteroatoms. The van der Waals surface area contributed by atoms with Gasteiger partial charge in [-0.1, -0.05) is 11.6 Å². The highest BCUT2D eigenvalue weighted by Crippen LogP contribution is 2.46. The Kier molecular flexibility index (Phi) is 7.10. The van der Waals surface area contributed by atoms with Crippen LogP contribution < -0.4 is 15.4 Å². The molecule has 6 rings (SSSR count). The average Bonchev–Trinajstić information content (AvgIpc) is 2.73. The Hall–Kier alpha value is -2.08. The van der Waals surface area contributed by atoms with Gasteiger partial charge in [-0.25, -0.2) is 0 Å². The molecular weight excluding hydrogens is 505 g/mol. The molecule has 1 aromatic rings. The Morgan fingerprint density at radius 1 is 1.03 bits per heavy atom. The second-order valence-electron chi connectivity index (χ2n) is 10.1. The first-order chi connectivity index (χ1) is 17.0. The summed E-state index contributed by atoms with van der Waals surface area (Å²) in [6.45, 7) is -0.232. The van der Waals surface area contributed by atoms with Crippen LogP contribution in [0, 0.1) is 11.8 Å². The summed E-state index contributed by atoms with van der Waals surface area (Å²) in [5.41, 5.74) is 0.557. The van der Waals surface area contributed by atoms with Gasteiger partial charge in [-0.15, -0.1) is 13.2 Å². The quantitative estimate of drug-likeness (QED) is 0.498. The number of hydrogen-bond donors (Lipinski definition) is 3. The number of ether oxygens (including phenoxy) is 3. The number of alkyl halides is 3. The average molecular weight is 533 g/mol. The van der Waals surface area contributed by atoms with E-state index in [1.165, 1.54) is 0 Å². The number of aliphatic hydroxyl groups excluding tert-OH is 1. The van der Waals surface area contributed by atoms with Gasteiger partial charge in [0.2, 0.25) is 5.91 Å². The zero-order valence-electron chi connectivity index (χ0n) is 19.3. The fraction of sp³-hybridized carbons (Fsp3) is 0.667. The fourth-order valence-electron chi connectivity index (χ4n) is 5.61. The minimum absolute atomic E-state index is 0.101. The van der Waals surface area contributed by atoms with E-state index in [0.717, 1.165) is 12.8 Å². The van der Waals surface area contributed by atoms with Crippen molar-refractivity contribution in [2.45, 2.75) is 81.4 Å². The van der Waals surface area contributed by atoms with Crippen molar-refractivity contribution < 1.29 is 42.1 Å². The van der Waals surface area contributed by atoms with Crippen LogP contribution in [0.15, 0.2) is 18.2 Å². The van der Waals surface area contributed by atoms with E-state index in [2.05, 4.69) is 15.4 Å². The lowest BCUT2D eigenvalue weighted by Gasteiger charge is -2.51. The molecule has 36 heavy (non-hydrogen) atoms. The van der Waals surface area contributed by atoms with Gasteiger partial charge in [0.05, 0.1) is 18.3 Å². The Morgan fingerprint density at radius 3 is 2.42 bits per heavy atom. The van der Waals surface area contributed by atoms with Crippen molar-refractivity contribution in [1.82, 2.24) is 10.6 Å². The van der Waals surface area contributed by atoms with Gasteiger partial charge in [0, 0.05) is 41.9 Å². The number of carbonyl (C=O) groups is 2. The minimum Gasteiger partial charge on any atom is -0.480 e. The zero-order chi connectivity index (χ0) is 25.6. The summed E-state index contributed by atoms with van der Waals surface area (Å²) in [7, 11) is 0. The van der Waals surface area contributed by atoms with Crippen LogP contribution in [-0.2, 0) is 19.1 Å². The number of hydrogen-bond acceptors (Lipinski definition) is 6. The third kappa shape index (κ3) is 5.74. The third-order valence-corrected chi connectivity index (χ3v) is 7.90. The SMILES string of the molecule is O=C(CO[C@H]1C[C@@H](OC(F)(F)F)C1)NC1CC(NC(=O)[C@H]2C[C@@H](O)c3cc(Cl)ccc3O2)C2CC1C2. The molecule has 8 nitrogen and oxygen atoms in total. The largest absolute Gasteiger partial charge is 0.522 e. The molecular formula is C24H28ClF3N2O6. The number of amides is 2. The van der Waals surface area contributed by atoms with Crippen LogP contribution in [0.2, 0.25) is 5.02 Å². The van der Waals surface area contributed by atoms with E-state index in [9.17, 15) is 27.9 Å². The predicted molar refractivity (Wildman–Crippen MR) is 120 cm³/mol. The number of rotatable bonds is 7. The molecule has 3 N–H and O–H groups in total. The van der Waals surface area contributed by atoms with E-state index in [-0.39, 0.29) is 49.8 Å². The number of halogens is 4. The molecule has 2 bridgehead atoms. The summed E-state index contributed by atoms with van der Waals surface area (Å²) in [4.78, 5) is 25.3. The van der Waals surface area contributed by atoms with Gasteiger partial charge in [-0.2, -0.15) is 0 Å². The standard InChI is InChI=1S/C24H28ClF3N2O6/c25-13-1-2-20-16(5-13)19(31)9-21(35-20)23(33)30-18-8-17(11-3-12(18)4-11)29-22(32)10-34-14-6-15(7-14)36-24(26,27)28/h1-2,5,11-12,14-15,17-19,21,31H,3-4,6-10H2,(H,29,32)(H,30,33)/t11?,12?,14-,15+,17?,18?,19-,21-/m1/s1. The molecule has 198 valence electrons. The molecule has 4 aliphatic carbocycles. The van der Waals surface area contributed by atoms with Gasteiger partial charge in [0.1, 0.15) is 12.4 Å². The van der Waals surface area contributed by atoms with Crippen molar-refractivity contribution in [3.8, 4) is 5.75 Å². The first-order valence-corrected chi connectivity index (χ1v) is 12.5. The highest BCUT2D eigenvalue weighted by molar-refractivity contribution is 6.30. The van der Waals surface area contributed by atoms with Crippen molar-refractivity contribution in [3.63, 3.8) is 0 Å². The van der Waals surface area contributed by atoms with Crippen molar-refractivity contribution >= 4 is 23.4 Å². The second-order valence-corrected chi connectivity index (χ2v) is 10.6. The van der Waals surface area contributed by atoms with Gasteiger partial charge >= 0.3 is 6.36 Å². The Labute approximate surface area is 210 Å². The highest BCUT2D eigenvalue weighted by Gasteiger charge is 2.48. The Morgan fingerprint density at radius 2 is 1.72 bits per heavy atom. The lowest BCUT2D eigenvalue weighted by Crippen LogP contribution is -2.61. The van der Waals surface area contributed by atoms with Crippen LogP contribution in [0.3, 0.4) is 0 Å². The van der Waals surface area contributed by atoms with Crippen LogP contribution in [0.5, 0.6) is 5.75 Å². The normalized spacial score (nSPS) is 34.9. The topological polar surface area (TPSA) is 106 Å². The summed E-state index contributed by atoms with van der Waals surface area (Å²) >= 11 is 5.99. The molecule has 1 aromatic carbocycles. The van der Waals surface area contributed by atoms with Crippen LogP contribution in [0.1, 0.15) is 50.2 Å². The maximum Gasteiger partial charge on any atom is 0.522 e. The van der Waals surface area contributed by atoms with Gasteiger partial charge < -0.3 is 25.2 Å². The van der Waals surface area contributed by atoms with Crippen LogP contribution >= 0.6 is 11.6 Å². The van der Waals surface area contributed by atoms with Gasteiger partial charge in [-0.3, -0.25) is 14.3 Å². The van der Waals surface area contributed by atoms with Crippen LogP contribution in [0.25, 0.3) is 0 Å². The van der Waals surface area contributed by atoms with Crippen molar-refractivity contribution in [1.29, 1.82) is 0 Å². The molecule has 2 unspecified atom stereocenters. The molecule has 4 fully saturated rings. The van der Waals surface area contributed by atoms with E-state index in [1.54, 1.807) is 18.2 Å². The maximum absolute atomic E-state index is 12.9. The Bertz CT molecular complexity index is 999. The number of benzene rings is 1. The number of aliphatic hydroxyl groups is 1.